The SMILES string of the molecule is [C]#CC(CCCC)c1cc(C)ccc1C. The molecule has 0 heteroatoms. The monoisotopic (exact) mass is 199 g/mol. The minimum atomic E-state index is 0.185. The molecule has 0 aromatic heterocycles. The molecule has 0 bridgehead atoms. The summed E-state index contributed by atoms with van der Waals surface area (Å²) in [5.41, 5.74) is 3.83. The Hall–Kier alpha value is -1.22. The van der Waals surface area contributed by atoms with Crippen LogP contribution >= 0.6 is 0 Å². The minimum absolute atomic E-state index is 0.185. The van der Waals surface area contributed by atoms with Gasteiger partial charge in [0.25, 0.3) is 0 Å². The average molecular weight is 199 g/mol. The van der Waals surface area contributed by atoms with Crippen LogP contribution in [0.25, 0.3) is 0 Å². The van der Waals surface area contributed by atoms with Crippen LogP contribution in [0.15, 0.2) is 18.2 Å². The van der Waals surface area contributed by atoms with Gasteiger partial charge < -0.3 is 0 Å². The second kappa shape index (κ2) is 5.61. The van der Waals surface area contributed by atoms with Crippen molar-refractivity contribution in [3.63, 3.8) is 0 Å². The molecule has 15 heavy (non-hydrogen) atoms. The minimum Gasteiger partial charge on any atom is -0.0809 e. The van der Waals surface area contributed by atoms with Gasteiger partial charge in [-0.1, -0.05) is 49.4 Å². The van der Waals surface area contributed by atoms with Gasteiger partial charge >= 0.3 is 0 Å². The maximum absolute atomic E-state index is 7.39. The summed E-state index contributed by atoms with van der Waals surface area (Å²) in [4.78, 5) is 0. The number of hydrogen-bond acceptors (Lipinski definition) is 0. The summed E-state index contributed by atoms with van der Waals surface area (Å²) >= 11 is 0. The zero-order valence-electron chi connectivity index (χ0n) is 9.93. The van der Waals surface area contributed by atoms with E-state index in [0.717, 1.165) is 6.42 Å². The van der Waals surface area contributed by atoms with E-state index in [4.69, 9.17) is 6.42 Å². The third kappa shape index (κ3) is 3.13. The topological polar surface area (TPSA) is 0 Å². The van der Waals surface area contributed by atoms with Gasteiger partial charge in [0.05, 0.1) is 0 Å². The zero-order valence-corrected chi connectivity index (χ0v) is 9.93. The van der Waals surface area contributed by atoms with E-state index in [1.165, 1.54) is 29.5 Å². The van der Waals surface area contributed by atoms with E-state index in [2.05, 4.69) is 44.9 Å². The lowest BCUT2D eigenvalue weighted by molar-refractivity contribution is 0.673. The van der Waals surface area contributed by atoms with Crippen molar-refractivity contribution in [3.05, 3.63) is 41.3 Å². The molecule has 1 rings (SSSR count). The lowest BCUT2D eigenvalue weighted by Crippen LogP contribution is -1.99. The van der Waals surface area contributed by atoms with E-state index in [1.807, 2.05) is 0 Å². The molecule has 0 amide bonds. The molecule has 1 unspecified atom stereocenters. The van der Waals surface area contributed by atoms with E-state index in [-0.39, 0.29) is 5.92 Å². The van der Waals surface area contributed by atoms with Crippen molar-refractivity contribution < 1.29 is 0 Å². The van der Waals surface area contributed by atoms with E-state index < -0.39 is 0 Å². The van der Waals surface area contributed by atoms with E-state index >= 15 is 0 Å². The Bertz CT molecular complexity index is 355. The second-order valence-corrected chi connectivity index (χ2v) is 4.20. The maximum atomic E-state index is 7.39. The molecular weight excluding hydrogens is 180 g/mol. The van der Waals surface area contributed by atoms with Crippen molar-refractivity contribution in [1.29, 1.82) is 0 Å². The molecule has 0 N–H and O–H groups in total. The predicted octanol–water partition coefficient (Wildman–Crippen LogP) is 4.17. The fourth-order valence-corrected chi connectivity index (χ4v) is 1.85. The van der Waals surface area contributed by atoms with Crippen molar-refractivity contribution in [2.45, 2.75) is 46.0 Å². The molecular formula is C15H19. The average Bonchev–Trinajstić information content (AvgIpc) is 2.24. The molecule has 1 aromatic rings. The molecule has 79 valence electrons. The Morgan fingerprint density at radius 1 is 1.33 bits per heavy atom. The Balaban J connectivity index is 2.91. The summed E-state index contributed by atoms with van der Waals surface area (Å²) in [6.45, 7) is 6.40. The van der Waals surface area contributed by atoms with Crippen LogP contribution in [0.2, 0.25) is 0 Å². The smallest absolute Gasteiger partial charge is 0.0465 e. The summed E-state index contributed by atoms with van der Waals surface area (Å²) in [7, 11) is 0. The highest BCUT2D eigenvalue weighted by Gasteiger charge is 2.10. The molecule has 0 saturated heterocycles. The van der Waals surface area contributed by atoms with Crippen LogP contribution in [0, 0.1) is 26.2 Å². The van der Waals surface area contributed by atoms with Gasteiger partial charge in [-0.15, -0.1) is 0 Å². The van der Waals surface area contributed by atoms with Crippen LogP contribution < -0.4 is 0 Å². The lowest BCUT2D eigenvalue weighted by atomic mass is 9.90. The van der Waals surface area contributed by atoms with Crippen LogP contribution in [0.1, 0.15) is 48.8 Å². The van der Waals surface area contributed by atoms with Crippen molar-refractivity contribution in [3.8, 4) is 5.92 Å². The quantitative estimate of drug-likeness (QED) is 0.638. The molecule has 1 radical (unpaired) electrons. The second-order valence-electron chi connectivity index (χ2n) is 4.20. The van der Waals surface area contributed by atoms with Crippen LogP contribution in [-0.4, -0.2) is 0 Å². The Morgan fingerprint density at radius 2 is 2.07 bits per heavy atom. The number of benzene rings is 1. The summed E-state index contributed by atoms with van der Waals surface area (Å²) in [5.74, 6) is 2.86. The summed E-state index contributed by atoms with van der Waals surface area (Å²) < 4.78 is 0. The van der Waals surface area contributed by atoms with Gasteiger partial charge in [0.15, 0.2) is 0 Å². The maximum Gasteiger partial charge on any atom is 0.0465 e. The molecule has 1 atom stereocenters. The van der Waals surface area contributed by atoms with Crippen molar-refractivity contribution in [2.75, 3.05) is 0 Å². The van der Waals surface area contributed by atoms with Crippen LogP contribution in [-0.2, 0) is 0 Å². The number of unbranched alkanes of at least 4 members (excludes halogenated alkanes) is 1. The molecule has 0 nitrogen and oxygen atoms in total. The van der Waals surface area contributed by atoms with Gasteiger partial charge in [-0.3, -0.25) is 0 Å². The third-order valence-electron chi connectivity index (χ3n) is 2.83. The fraction of sp³-hybridized carbons (Fsp3) is 0.467. The van der Waals surface area contributed by atoms with Crippen LogP contribution in [0.5, 0.6) is 0 Å². The first-order valence-electron chi connectivity index (χ1n) is 5.68. The largest absolute Gasteiger partial charge is 0.0809 e. The van der Waals surface area contributed by atoms with E-state index in [9.17, 15) is 0 Å². The highest BCUT2D eigenvalue weighted by Crippen LogP contribution is 2.25. The standard InChI is InChI=1S/C15H19/c1-5-7-8-14(6-2)15-11-12(3)9-10-13(15)4/h9-11,14H,5,7-8H2,1,3-4H3. The van der Waals surface area contributed by atoms with Crippen molar-refractivity contribution >= 4 is 0 Å². The molecule has 0 fully saturated rings. The number of hydrogen-bond donors (Lipinski definition) is 0. The number of aryl methyl sites for hydroxylation is 2. The lowest BCUT2D eigenvalue weighted by Gasteiger charge is -2.14. The Labute approximate surface area is 93.7 Å². The van der Waals surface area contributed by atoms with Gasteiger partial charge in [-0.2, -0.15) is 0 Å². The first-order valence-corrected chi connectivity index (χ1v) is 5.68. The van der Waals surface area contributed by atoms with Gasteiger partial charge in [-0.25, -0.2) is 0 Å². The first kappa shape index (κ1) is 11.9. The number of rotatable bonds is 4. The molecule has 0 aliphatic heterocycles. The molecule has 0 aliphatic carbocycles. The molecule has 0 saturated carbocycles. The van der Waals surface area contributed by atoms with Gasteiger partial charge in [0.1, 0.15) is 0 Å². The molecule has 0 spiro atoms. The highest BCUT2D eigenvalue weighted by molar-refractivity contribution is 5.36. The first-order chi connectivity index (χ1) is 7.19. The molecule has 0 aliphatic rings. The normalized spacial score (nSPS) is 12.1. The zero-order chi connectivity index (χ0) is 11.3. The van der Waals surface area contributed by atoms with Crippen molar-refractivity contribution in [2.24, 2.45) is 0 Å². The summed E-state index contributed by atoms with van der Waals surface area (Å²) in [6, 6.07) is 6.46. The molecule has 0 heterocycles. The third-order valence-corrected chi connectivity index (χ3v) is 2.83. The highest BCUT2D eigenvalue weighted by atomic mass is 14.1. The summed E-state index contributed by atoms with van der Waals surface area (Å²) in [6.07, 6.45) is 10.8. The van der Waals surface area contributed by atoms with Crippen LogP contribution in [0.4, 0.5) is 0 Å². The Morgan fingerprint density at radius 3 is 2.67 bits per heavy atom. The van der Waals surface area contributed by atoms with Gasteiger partial charge in [0.2, 0.25) is 0 Å². The summed E-state index contributed by atoms with van der Waals surface area (Å²) in [5, 5.41) is 0. The van der Waals surface area contributed by atoms with Gasteiger partial charge in [0, 0.05) is 5.92 Å². The van der Waals surface area contributed by atoms with E-state index in [0.29, 0.717) is 0 Å². The van der Waals surface area contributed by atoms with Crippen LogP contribution in [0.3, 0.4) is 0 Å². The Kier molecular flexibility index (Phi) is 4.43. The predicted molar refractivity (Wildman–Crippen MR) is 65.3 cm³/mol. The fourth-order valence-electron chi connectivity index (χ4n) is 1.85. The van der Waals surface area contributed by atoms with E-state index in [1.54, 1.807) is 0 Å². The van der Waals surface area contributed by atoms with Crippen molar-refractivity contribution in [1.82, 2.24) is 0 Å². The van der Waals surface area contributed by atoms with Gasteiger partial charge in [-0.05, 0) is 37.8 Å². The molecule has 1 aromatic carbocycles.